The van der Waals surface area contributed by atoms with Gasteiger partial charge in [-0.1, -0.05) is 13.5 Å². The van der Waals surface area contributed by atoms with Crippen molar-refractivity contribution in [3.63, 3.8) is 0 Å². The van der Waals surface area contributed by atoms with Crippen LogP contribution in [0.15, 0.2) is 12.2 Å². The molecule has 0 aromatic carbocycles. The van der Waals surface area contributed by atoms with Crippen LogP contribution in [0, 0.1) is 5.92 Å². The average molecular weight is 214 g/mol. The van der Waals surface area contributed by atoms with E-state index < -0.39 is 5.97 Å². The van der Waals surface area contributed by atoms with E-state index in [1.807, 2.05) is 0 Å². The number of ether oxygens (including phenoxy) is 3. The van der Waals surface area contributed by atoms with E-state index in [1.165, 1.54) is 0 Å². The van der Waals surface area contributed by atoms with Gasteiger partial charge in [-0.15, -0.1) is 0 Å². The van der Waals surface area contributed by atoms with Crippen LogP contribution in [-0.4, -0.2) is 32.1 Å². The quantitative estimate of drug-likeness (QED) is 0.291. The van der Waals surface area contributed by atoms with Crippen LogP contribution in [-0.2, 0) is 19.0 Å². The Hall–Kier alpha value is -0.870. The smallest absolute Gasteiger partial charge is 0.335 e. The first-order chi connectivity index (χ1) is 7.15. The summed E-state index contributed by atoms with van der Waals surface area (Å²) in [7, 11) is 0. The van der Waals surface area contributed by atoms with Crippen LogP contribution in [0.3, 0.4) is 0 Å². The largest absolute Gasteiger partial charge is 0.435 e. The summed E-state index contributed by atoms with van der Waals surface area (Å²) >= 11 is 0. The van der Waals surface area contributed by atoms with Gasteiger partial charge in [0, 0.05) is 11.5 Å². The summed E-state index contributed by atoms with van der Waals surface area (Å²) in [6.07, 6.45) is 1.26. The average Bonchev–Trinajstić information content (AvgIpc) is 2.15. The molecule has 1 aliphatic heterocycles. The highest BCUT2D eigenvalue weighted by molar-refractivity contribution is 5.86. The molecule has 0 aliphatic carbocycles. The number of hydrogen-bond acceptors (Lipinski definition) is 4. The molecule has 4 nitrogen and oxygen atoms in total. The Morgan fingerprint density at radius 1 is 1.60 bits per heavy atom. The number of rotatable bonds is 6. The van der Waals surface area contributed by atoms with Gasteiger partial charge in [0.15, 0.2) is 6.79 Å². The number of hydrogen-bond donors (Lipinski definition) is 0. The van der Waals surface area contributed by atoms with Gasteiger partial charge < -0.3 is 14.2 Å². The van der Waals surface area contributed by atoms with E-state index in [-0.39, 0.29) is 12.9 Å². The summed E-state index contributed by atoms with van der Waals surface area (Å²) < 4.78 is 15.3. The van der Waals surface area contributed by atoms with E-state index in [2.05, 4.69) is 13.5 Å². The molecule has 1 saturated heterocycles. The first-order valence-corrected chi connectivity index (χ1v) is 5.17. The summed E-state index contributed by atoms with van der Waals surface area (Å²) in [5, 5.41) is 0. The van der Waals surface area contributed by atoms with Gasteiger partial charge in [0.2, 0.25) is 0 Å². The van der Waals surface area contributed by atoms with Crippen LogP contribution >= 0.6 is 0 Å². The molecular formula is C11H18O4. The standard InChI is InChI=1S/C11H18O4/c1-4-9-5-14-10(9)6-13-7-15-11(12)8(2)3/h9-10H,2,4-7H2,1,3H3. The molecule has 1 aliphatic rings. The molecule has 4 heteroatoms. The van der Waals surface area contributed by atoms with Crippen LogP contribution in [0.4, 0.5) is 0 Å². The molecule has 86 valence electrons. The third-order valence-electron chi connectivity index (χ3n) is 2.48. The molecule has 1 rings (SSSR count). The minimum Gasteiger partial charge on any atom is -0.435 e. The fraction of sp³-hybridized carbons (Fsp3) is 0.727. The Bertz CT molecular complexity index is 235. The lowest BCUT2D eigenvalue weighted by atomic mass is 9.96. The molecule has 15 heavy (non-hydrogen) atoms. The third-order valence-corrected chi connectivity index (χ3v) is 2.48. The summed E-state index contributed by atoms with van der Waals surface area (Å²) in [5.41, 5.74) is 0.380. The normalized spacial score (nSPS) is 24.4. The minimum atomic E-state index is -0.420. The van der Waals surface area contributed by atoms with E-state index in [9.17, 15) is 4.79 Å². The van der Waals surface area contributed by atoms with E-state index in [4.69, 9.17) is 14.2 Å². The van der Waals surface area contributed by atoms with Gasteiger partial charge in [0.1, 0.15) is 0 Å². The first kappa shape index (κ1) is 12.2. The van der Waals surface area contributed by atoms with Gasteiger partial charge in [-0.2, -0.15) is 0 Å². The molecule has 0 bridgehead atoms. The first-order valence-electron chi connectivity index (χ1n) is 5.17. The summed E-state index contributed by atoms with van der Waals surface area (Å²) in [6, 6.07) is 0. The Kier molecular flexibility index (Phi) is 4.78. The highest BCUT2D eigenvalue weighted by atomic mass is 16.7. The lowest BCUT2D eigenvalue weighted by molar-refractivity contribution is -0.176. The number of carbonyl (C=O) groups is 1. The second kappa shape index (κ2) is 5.88. The third kappa shape index (κ3) is 3.64. The molecule has 0 aromatic heterocycles. The zero-order valence-electron chi connectivity index (χ0n) is 9.32. The molecule has 0 radical (unpaired) electrons. The van der Waals surface area contributed by atoms with E-state index in [0.29, 0.717) is 18.1 Å². The number of carbonyl (C=O) groups excluding carboxylic acids is 1. The number of esters is 1. The minimum absolute atomic E-state index is 0.0258. The molecule has 0 amide bonds. The predicted octanol–water partition coefficient (Wildman–Crippen LogP) is 1.50. The zero-order chi connectivity index (χ0) is 11.3. The van der Waals surface area contributed by atoms with Crippen LogP contribution in [0.25, 0.3) is 0 Å². The van der Waals surface area contributed by atoms with Crippen molar-refractivity contribution in [2.45, 2.75) is 26.4 Å². The van der Waals surface area contributed by atoms with Crippen LogP contribution in [0.2, 0.25) is 0 Å². The molecule has 1 heterocycles. The molecule has 0 saturated carbocycles. The van der Waals surface area contributed by atoms with Crippen molar-refractivity contribution in [2.24, 2.45) is 5.92 Å². The SMILES string of the molecule is C=C(C)C(=O)OCOCC1OCC1CC. The second-order valence-electron chi connectivity index (χ2n) is 3.74. The predicted molar refractivity (Wildman–Crippen MR) is 55.2 cm³/mol. The van der Waals surface area contributed by atoms with Gasteiger partial charge in [0.25, 0.3) is 0 Å². The van der Waals surface area contributed by atoms with Crippen LogP contribution < -0.4 is 0 Å². The maximum absolute atomic E-state index is 11.0. The fourth-order valence-electron chi connectivity index (χ4n) is 1.32. The van der Waals surface area contributed by atoms with Gasteiger partial charge in [0.05, 0.1) is 19.3 Å². The molecule has 0 spiro atoms. The summed E-state index contributed by atoms with van der Waals surface area (Å²) in [4.78, 5) is 11.0. The fourth-order valence-corrected chi connectivity index (χ4v) is 1.32. The van der Waals surface area contributed by atoms with Crippen LogP contribution in [0.1, 0.15) is 20.3 Å². The van der Waals surface area contributed by atoms with Gasteiger partial charge >= 0.3 is 5.97 Å². The van der Waals surface area contributed by atoms with Crippen molar-refractivity contribution in [3.8, 4) is 0 Å². The Labute approximate surface area is 90.2 Å². The molecular weight excluding hydrogens is 196 g/mol. The molecule has 0 aromatic rings. The summed E-state index contributed by atoms with van der Waals surface area (Å²) in [6.45, 7) is 8.47. The topological polar surface area (TPSA) is 44.8 Å². The zero-order valence-corrected chi connectivity index (χ0v) is 9.32. The lowest BCUT2D eigenvalue weighted by Gasteiger charge is -2.35. The highest BCUT2D eigenvalue weighted by Crippen LogP contribution is 2.23. The van der Waals surface area contributed by atoms with Crippen LogP contribution in [0.5, 0.6) is 0 Å². The van der Waals surface area contributed by atoms with Crippen molar-refractivity contribution < 1.29 is 19.0 Å². The van der Waals surface area contributed by atoms with E-state index in [1.54, 1.807) is 6.92 Å². The Balaban J connectivity index is 2.02. The lowest BCUT2D eigenvalue weighted by Crippen LogP contribution is -2.42. The molecule has 2 atom stereocenters. The van der Waals surface area contributed by atoms with Gasteiger partial charge in [-0.3, -0.25) is 0 Å². The van der Waals surface area contributed by atoms with Gasteiger partial charge in [-0.05, 0) is 13.3 Å². The Morgan fingerprint density at radius 2 is 2.33 bits per heavy atom. The molecule has 0 N–H and O–H groups in total. The molecule has 2 unspecified atom stereocenters. The van der Waals surface area contributed by atoms with E-state index >= 15 is 0 Å². The van der Waals surface area contributed by atoms with Crippen molar-refractivity contribution in [1.29, 1.82) is 0 Å². The highest BCUT2D eigenvalue weighted by Gasteiger charge is 2.30. The maximum Gasteiger partial charge on any atom is 0.335 e. The van der Waals surface area contributed by atoms with Crippen molar-refractivity contribution in [2.75, 3.05) is 20.0 Å². The van der Waals surface area contributed by atoms with Crippen molar-refractivity contribution >= 4 is 5.97 Å². The van der Waals surface area contributed by atoms with Crippen molar-refractivity contribution in [3.05, 3.63) is 12.2 Å². The van der Waals surface area contributed by atoms with Gasteiger partial charge in [-0.25, -0.2) is 4.79 Å². The second-order valence-corrected chi connectivity index (χ2v) is 3.74. The maximum atomic E-state index is 11.0. The summed E-state index contributed by atoms with van der Waals surface area (Å²) in [5.74, 6) is 0.165. The monoisotopic (exact) mass is 214 g/mol. The van der Waals surface area contributed by atoms with E-state index in [0.717, 1.165) is 13.0 Å². The van der Waals surface area contributed by atoms with Crippen molar-refractivity contribution in [1.82, 2.24) is 0 Å². The Morgan fingerprint density at radius 3 is 2.80 bits per heavy atom. The molecule has 1 fully saturated rings.